The molecule has 22 heavy (non-hydrogen) atoms. The van der Waals surface area contributed by atoms with Gasteiger partial charge in [-0.3, -0.25) is 4.57 Å². The van der Waals surface area contributed by atoms with Crippen LogP contribution in [0.5, 0.6) is 0 Å². The minimum atomic E-state index is 0.200. The molecule has 1 atom stereocenters. The van der Waals surface area contributed by atoms with Crippen molar-refractivity contribution in [1.29, 1.82) is 0 Å². The number of allylic oxidation sites excluding steroid dienone is 2. The molecule has 0 bridgehead atoms. The van der Waals surface area contributed by atoms with Gasteiger partial charge in [0.1, 0.15) is 17.8 Å². The van der Waals surface area contributed by atoms with Crippen molar-refractivity contribution in [2.45, 2.75) is 32.2 Å². The van der Waals surface area contributed by atoms with Crippen LogP contribution in [0.25, 0.3) is 0 Å². The maximum atomic E-state index is 5.73. The first-order valence-corrected chi connectivity index (χ1v) is 8.25. The second-order valence-electron chi connectivity index (χ2n) is 5.58. The van der Waals surface area contributed by atoms with Gasteiger partial charge in [-0.2, -0.15) is 0 Å². The molecule has 1 aromatic heterocycles. The molecule has 1 unspecified atom stereocenters. The molecular formula is C17H17N3OS. The number of fused-ring (bicyclic) bond motifs is 3. The Kier molecular flexibility index (Phi) is 3.30. The molecular weight excluding hydrogens is 294 g/mol. The van der Waals surface area contributed by atoms with Crippen molar-refractivity contribution < 1.29 is 4.74 Å². The molecule has 4 nitrogen and oxygen atoms in total. The summed E-state index contributed by atoms with van der Waals surface area (Å²) >= 11 is 1.87. The number of thioether (sulfide) groups is 1. The topological polar surface area (TPSA) is 39.9 Å². The van der Waals surface area contributed by atoms with E-state index in [9.17, 15) is 0 Å². The summed E-state index contributed by atoms with van der Waals surface area (Å²) in [6.07, 6.45) is 2.85. The van der Waals surface area contributed by atoms with E-state index in [4.69, 9.17) is 4.74 Å². The Hall–Kier alpha value is -2.01. The molecule has 0 spiro atoms. The van der Waals surface area contributed by atoms with E-state index in [0.29, 0.717) is 6.61 Å². The zero-order valence-corrected chi connectivity index (χ0v) is 13.4. The molecule has 0 fully saturated rings. The lowest BCUT2D eigenvalue weighted by Crippen LogP contribution is -2.10. The average Bonchev–Trinajstić information content (AvgIpc) is 2.96. The van der Waals surface area contributed by atoms with Crippen LogP contribution in [0, 0.1) is 6.92 Å². The van der Waals surface area contributed by atoms with Gasteiger partial charge in [-0.25, -0.2) is 0 Å². The summed E-state index contributed by atoms with van der Waals surface area (Å²) in [4.78, 5) is 1.35. The third-order valence-corrected chi connectivity index (χ3v) is 5.43. The van der Waals surface area contributed by atoms with Crippen LogP contribution in [0.2, 0.25) is 0 Å². The van der Waals surface area contributed by atoms with Crippen molar-refractivity contribution >= 4 is 11.8 Å². The molecule has 3 heterocycles. The number of hydrogen-bond donors (Lipinski definition) is 0. The standard InChI is InChI=1S/C17H17N3OS/c1-11-14(8-13-6-4-3-5-7-13)15-9-21-10-16-19-18-12(2)20(16)17(15)22-11/h3-7,9,17H,8,10H2,1-2H3. The van der Waals surface area contributed by atoms with E-state index in [2.05, 4.69) is 52.0 Å². The monoisotopic (exact) mass is 311 g/mol. The molecule has 0 saturated carbocycles. The maximum Gasteiger partial charge on any atom is 0.172 e. The smallest absolute Gasteiger partial charge is 0.172 e. The number of rotatable bonds is 2. The highest BCUT2D eigenvalue weighted by Crippen LogP contribution is 2.50. The van der Waals surface area contributed by atoms with Crippen LogP contribution < -0.4 is 0 Å². The molecule has 2 aromatic rings. The van der Waals surface area contributed by atoms with E-state index in [1.54, 1.807) is 0 Å². The average molecular weight is 311 g/mol. The van der Waals surface area contributed by atoms with Crippen LogP contribution in [0.1, 0.15) is 29.5 Å². The molecule has 0 N–H and O–H groups in total. The van der Waals surface area contributed by atoms with Crippen LogP contribution >= 0.6 is 11.8 Å². The second-order valence-corrected chi connectivity index (χ2v) is 6.88. The number of aryl methyl sites for hydroxylation is 1. The number of hydrogen-bond acceptors (Lipinski definition) is 4. The fourth-order valence-electron chi connectivity index (χ4n) is 3.02. The summed E-state index contributed by atoms with van der Waals surface area (Å²) in [6, 6.07) is 10.6. The fourth-order valence-corrected chi connectivity index (χ4v) is 4.40. The van der Waals surface area contributed by atoms with Gasteiger partial charge in [0.05, 0.1) is 6.26 Å². The summed E-state index contributed by atoms with van der Waals surface area (Å²) in [5, 5.41) is 8.64. The van der Waals surface area contributed by atoms with Gasteiger partial charge in [-0.1, -0.05) is 30.3 Å². The lowest BCUT2D eigenvalue weighted by molar-refractivity contribution is 0.228. The minimum Gasteiger partial charge on any atom is -0.493 e. The van der Waals surface area contributed by atoms with E-state index in [1.807, 2.05) is 24.9 Å². The molecule has 5 heteroatoms. The highest BCUT2D eigenvalue weighted by molar-refractivity contribution is 8.03. The summed E-state index contributed by atoms with van der Waals surface area (Å²) in [7, 11) is 0. The first-order chi connectivity index (χ1) is 10.7. The van der Waals surface area contributed by atoms with Gasteiger partial charge < -0.3 is 4.74 Å². The van der Waals surface area contributed by atoms with Crippen LogP contribution in [0.3, 0.4) is 0 Å². The Balaban J connectivity index is 1.72. The van der Waals surface area contributed by atoms with Crippen molar-refractivity contribution in [1.82, 2.24) is 14.8 Å². The third kappa shape index (κ3) is 2.16. The first-order valence-electron chi connectivity index (χ1n) is 7.37. The normalized spacial score (nSPS) is 20.1. The predicted octanol–water partition coefficient (Wildman–Crippen LogP) is 3.76. The molecule has 0 radical (unpaired) electrons. The lowest BCUT2D eigenvalue weighted by Gasteiger charge is -2.15. The predicted molar refractivity (Wildman–Crippen MR) is 87.1 cm³/mol. The van der Waals surface area contributed by atoms with Gasteiger partial charge in [0, 0.05) is 5.57 Å². The quantitative estimate of drug-likeness (QED) is 0.846. The van der Waals surface area contributed by atoms with E-state index >= 15 is 0 Å². The summed E-state index contributed by atoms with van der Waals surface area (Å²) in [5.74, 6) is 1.84. The molecule has 1 aromatic carbocycles. The van der Waals surface area contributed by atoms with Crippen molar-refractivity contribution in [3.8, 4) is 0 Å². The minimum absolute atomic E-state index is 0.200. The van der Waals surface area contributed by atoms with Gasteiger partial charge in [0.2, 0.25) is 0 Å². The van der Waals surface area contributed by atoms with Crippen LogP contribution in [0.4, 0.5) is 0 Å². The van der Waals surface area contributed by atoms with E-state index in [0.717, 1.165) is 18.1 Å². The van der Waals surface area contributed by atoms with E-state index < -0.39 is 0 Å². The number of benzene rings is 1. The SMILES string of the molecule is CC1=C(Cc2ccccc2)C2=COCc3nnc(C)n3C2S1. The van der Waals surface area contributed by atoms with Crippen LogP contribution in [-0.4, -0.2) is 14.8 Å². The third-order valence-electron chi connectivity index (χ3n) is 4.15. The zero-order chi connectivity index (χ0) is 15.1. The van der Waals surface area contributed by atoms with Gasteiger partial charge in [-0.15, -0.1) is 22.0 Å². The molecule has 2 aliphatic rings. The molecule has 0 saturated heterocycles. The van der Waals surface area contributed by atoms with Crippen LogP contribution in [0.15, 0.2) is 52.6 Å². The second kappa shape index (κ2) is 5.32. The highest BCUT2D eigenvalue weighted by Gasteiger charge is 2.34. The highest BCUT2D eigenvalue weighted by atomic mass is 32.2. The van der Waals surface area contributed by atoms with Crippen molar-refractivity contribution in [3.05, 3.63) is 69.9 Å². The van der Waals surface area contributed by atoms with Crippen molar-refractivity contribution in [3.63, 3.8) is 0 Å². The Morgan fingerprint density at radius 2 is 2.05 bits per heavy atom. The van der Waals surface area contributed by atoms with Crippen molar-refractivity contribution in [2.75, 3.05) is 0 Å². The Morgan fingerprint density at radius 1 is 1.23 bits per heavy atom. The maximum absolute atomic E-state index is 5.73. The van der Waals surface area contributed by atoms with Gasteiger partial charge in [-0.05, 0) is 36.3 Å². The number of aromatic nitrogens is 3. The van der Waals surface area contributed by atoms with Crippen LogP contribution in [-0.2, 0) is 17.8 Å². The lowest BCUT2D eigenvalue weighted by atomic mass is 9.98. The van der Waals surface area contributed by atoms with Gasteiger partial charge >= 0.3 is 0 Å². The van der Waals surface area contributed by atoms with Gasteiger partial charge in [0.15, 0.2) is 5.82 Å². The van der Waals surface area contributed by atoms with Crippen molar-refractivity contribution in [2.24, 2.45) is 0 Å². The Bertz CT molecular complexity index is 776. The van der Waals surface area contributed by atoms with Gasteiger partial charge in [0.25, 0.3) is 0 Å². The molecule has 2 aliphatic heterocycles. The molecule has 112 valence electrons. The Morgan fingerprint density at radius 3 is 2.86 bits per heavy atom. The molecule has 0 aliphatic carbocycles. The van der Waals surface area contributed by atoms with E-state index in [-0.39, 0.29) is 5.37 Å². The Labute approximate surface area is 133 Å². The summed E-state index contributed by atoms with van der Waals surface area (Å²) in [5.41, 5.74) is 3.93. The number of ether oxygens (including phenoxy) is 1. The molecule has 4 rings (SSSR count). The zero-order valence-electron chi connectivity index (χ0n) is 12.6. The summed E-state index contributed by atoms with van der Waals surface area (Å²) in [6.45, 7) is 4.68. The number of nitrogens with zero attached hydrogens (tertiary/aromatic N) is 3. The van der Waals surface area contributed by atoms with E-state index in [1.165, 1.54) is 21.6 Å². The molecule has 0 amide bonds. The summed E-state index contributed by atoms with van der Waals surface area (Å²) < 4.78 is 7.93. The fraction of sp³-hybridized carbons (Fsp3) is 0.294. The largest absolute Gasteiger partial charge is 0.493 e. The first kappa shape index (κ1) is 13.6.